The van der Waals surface area contributed by atoms with Gasteiger partial charge in [-0.15, -0.1) is 0 Å². The molecule has 0 N–H and O–H groups in total. The molecule has 0 aromatic carbocycles. The van der Waals surface area contributed by atoms with Gasteiger partial charge >= 0.3 is 0 Å². The largest absolute Gasteiger partial charge is 0.295 e. The van der Waals surface area contributed by atoms with E-state index in [1.807, 2.05) is 0 Å². The van der Waals surface area contributed by atoms with E-state index >= 15 is 0 Å². The zero-order valence-electron chi connectivity index (χ0n) is 7.64. The predicted molar refractivity (Wildman–Crippen MR) is 46.9 cm³/mol. The number of allylic oxidation sites excluding steroid dienone is 2. The molecule has 0 saturated carbocycles. The average Bonchev–Trinajstić information content (AvgIpc) is 2.07. The van der Waals surface area contributed by atoms with Crippen molar-refractivity contribution >= 4 is 11.6 Å². The Kier molecular flexibility index (Phi) is 2.79. The fourth-order valence-corrected chi connectivity index (χ4v) is 1.36. The molecule has 0 aromatic rings. The van der Waals surface area contributed by atoms with Gasteiger partial charge in [-0.1, -0.05) is 0 Å². The number of hydrogen-bond acceptors (Lipinski definition) is 2. The van der Waals surface area contributed by atoms with Crippen molar-refractivity contribution in [3.63, 3.8) is 0 Å². The Labute approximate surface area is 72.7 Å². The third-order valence-corrected chi connectivity index (χ3v) is 2.46. The van der Waals surface area contributed by atoms with E-state index < -0.39 is 0 Å². The van der Waals surface area contributed by atoms with Gasteiger partial charge < -0.3 is 0 Å². The quantitative estimate of drug-likeness (QED) is 0.551. The summed E-state index contributed by atoms with van der Waals surface area (Å²) in [5, 5.41) is 0. The van der Waals surface area contributed by atoms with Crippen LogP contribution in [0, 0.1) is 0 Å². The van der Waals surface area contributed by atoms with Crippen molar-refractivity contribution in [2.75, 3.05) is 0 Å². The lowest BCUT2D eigenvalue weighted by molar-refractivity contribution is -0.119. The highest BCUT2D eigenvalue weighted by Gasteiger charge is 2.16. The molecule has 2 nitrogen and oxygen atoms in total. The van der Waals surface area contributed by atoms with E-state index in [-0.39, 0.29) is 11.6 Å². The van der Waals surface area contributed by atoms with Crippen LogP contribution in [0.1, 0.15) is 39.5 Å². The molecule has 0 aromatic heterocycles. The molecular formula is C10H14O2. The number of rotatable bonds is 0. The molecule has 0 amide bonds. The lowest BCUT2D eigenvalue weighted by atomic mass is 9.93. The minimum Gasteiger partial charge on any atom is -0.295 e. The second kappa shape index (κ2) is 3.65. The number of carbonyl (C=O) groups excluding carboxylic acids is 2. The summed E-state index contributed by atoms with van der Waals surface area (Å²) in [5.74, 6) is 0.279. The van der Waals surface area contributed by atoms with Gasteiger partial charge in [0.05, 0.1) is 0 Å². The SMILES string of the molecule is C/C1=C(\C)C(=O)CCCCC1=O. The second-order valence-corrected chi connectivity index (χ2v) is 3.30. The van der Waals surface area contributed by atoms with Gasteiger partial charge in [0.1, 0.15) is 0 Å². The van der Waals surface area contributed by atoms with Crippen LogP contribution in [0.4, 0.5) is 0 Å². The van der Waals surface area contributed by atoms with Gasteiger partial charge in [0.15, 0.2) is 11.6 Å². The highest BCUT2D eigenvalue weighted by molar-refractivity contribution is 6.06. The summed E-state index contributed by atoms with van der Waals surface area (Å²) in [4.78, 5) is 22.6. The molecular weight excluding hydrogens is 152 g/mol. The molecule has 12 heavy (non-hydrogen) atoms. The van der Waals surface area contributed by atoms with Gasteiger partial charge in [-0.05, 0) is 37.8 Å². The van der Waals surface area contributed by atoms with Crippen LogP contribution in [0.25, 0.3) is 0 Å². The van der Waals surface area contributed by atoms with Crippen LogP contribution in [0.3, 0.4) is 0 Å². The van der Waals surface area contributed by atoms with Crippen molar-refractivity contribution < 1.29 is 9.59 Å². The van der Waals surface area contributed by atoms with Crippen molar-refractivity contribution in [3.8, 4) is 0 Å². The third kappa shape index (κ3) is 1.81. The van der Waals surface area contributed by atoms with E-state index in [2.05, 4.69) is 0 Å². The van der Waals surface area contributed by atoms with Crippen LogP contribution in [-0.4, -0.2) is 11.6 Å². The van der Waals surface area contributed by atoms with E-state index in [1.54, 1.807) is 13.8 Å². The molecule has 2 heteroatoms. The minimum atomic E-state index is 0.139. The minimum absolute atomic E-state index is 0.139. The van der Waals surface area contributed by atoms with Crippen molar-refractivity contribution in [2.24, 2.45) is 0 Å². The Bertz CT molecular complexity index is 223. The molecule has 0 aliphatic heterocycles. The van der Waals surface area contributed by atoms with Crippen molar-refractivity contribution in [1.29, 1.82) is 0 Å². The van der Waals surface area contributed by atoms with Crippen LogP contribution in [-0.2, 0) is 9.59 Å². The highest BCUT2D eigenvalue weighted by atomic mass is 16.1. The lowest BCUT2D eigenvalue weighted by Gasteiger charge is -2.09. The van der Waals surface area contributed by atoms with Crippen LogP contribution < -0.4 is 0 Å². The maximum Gasteiger partial charge on any atom is 0.158 e. The maximum atomic E-state index is 11.3. The normalized spacial score (nSPS) is 26.8. The summed E-state index contributed by atoms with van der Waals surface area (Å²) in [6.45, 7) is 3.50. The van der Waals surface area contributed by atoms with E-state index in [0.29, 0.717) is 24.0 Å². The first kappa shape index (κ1) is 9.17. The molecule has 0 atom stereocenters. The van der Waals surface area contributed by atoms with Crippen LogP contribution in [0.15, 0.2) is 11.1 Å². The summed E-state index contributed by atoms with van der Waals surface area (Å²) in [5.41, 5.74) is 1.33. The molecule has 0 unspecified atom stereocenters. The number of ketones is 2. The second-order valence-electron chi connectivity index (χ2n) is 3.30. The van der Waals surface area contributed by atoms with E-state index in [0.717, 1.165) is 12.8 Å². The molecule has 0 bridgehead atoms. The molecule has 0 spiro atoms. The van der Waals surface area contributed by atoms with Crippen LogP contribution >= 0.6 is 0 Å². The van der Waals surface area contributed by atoms with Gasteiger partial charge in [-0.3, -0.25) is 9.59 Å². The smallest absolute Gasteiger partial charge is 0.158 e. The molecule has 0 radical (unpaired) electrons. The Morgan fingerprint density at radius 3 is 1.50 bits per heavy atom. The van der Waals surface area contributed by atoms with Crippen molar-refractivity contribution in [2.45, 2.75) is 39.5 Å². The summed E-state index contributed by atoms with van der Waals surface area (Å²) in [6.07, 6.45) is 2.93. The Balaban J connectivity index is 2.95. The fourth-order valence-electron chi connectivity index (χ4n) is 1.36. The first-order valence-corrected chi connectivity index (χ1v) is 4.37. The first-order valence-electron chi connectivity index (χ1n) is 4.37. The van der Waals surface area contributed by atoms with Crippen molar-refractivity contribution in [1.82, 2.24) is 0 Å². The summed E-state index contributed by atoms with van der Waals surface area (Å²) in [6, 6.07) is 0. The number of hydrogen-bond donors (Lipinski definition) is 0. The zero-order valence-corrected chi connectivity index (χ0v) is 7.64. The summed E-state index contributed by atoms with van der Waals surface area (Å²) >= 11 is 0. The highest BCUT2D eigenvalue weighted by Crippen LogP contribution is 2.17. The molecule has 1 aliphatic rings. The molecule has 0 saturated heterocycles. The topological polar surface area (TPSA) is 34.1 Å². The lowest BCUT2D eigenvalue weighted by Crippen LogP contribution is -2.11. The molecule has 1 rings (SSSR count). The van der Waals surface area contributed by atoms with Gasteiger partial charge in [0, 0.05) is 12.8 Å². The Hall–Kier alpha value is -0.920. The van der Waals surface area contributed by atoms with Gasteiger partial charge in [-0.25, -0.2) is 0 Å². The molecule has 1 aliphatic carbocycles. The number of Topliss-reactive ketones (excluding diaryl/α,β-unsaturated/α-hetero) is 2. The first-order chi connectivity index (χ1) is 5.63. The van der Waals surface area contributed by atoms with Gasteiger partial charge in [-0.2, -0.15) is 0 Å². The molecule has 0 heterocycles. The van der Waals surface area contributed by atoms with Crippen LogP contribution in [0.5, 0.6) is 0 Å². The average molecular weight is 166 g/mol. The molecule has 0 fully saturated rings. The molecule has 66 valence electrons. The van der Waals surface area contributed by atoms with E-state index in [4.69, 9.17) is 0 Å². The predicted octanol–water partition coefficient (Wildman–Crippen LogP) is 2.04. The maximum absolute atomic E-state index is 11.3. The third-order valence-electron chi connectivity index (χ3n) is 2.46. The van der Waals surface area contributed by atoms with Gasteiger partial charge in [0.2, 0.25) is 0 Å². The van der Waals surface area contributed by atoms with E-state index in [1.165, 1.54) is 0 Å². The standard InChI is InChI=1S/C10H14O2/c1-7-8(2)10(12)6-4-3-5-9(7)11/h3-6H2,1-2H3/b8-7-. The summed E-state index contributed by atoms with van der Waals surface area (Å²) in [7, 11) is 0. The number of carbonyl (C=O) groups is 2. The zero-order chi connectivity index (χ0) is 9.14. The van der Waals surface area contributed by atoms with Crippen molar-refractivity contribution in [3.05, 3.63) is 11.1 Å². The Morgan fingerprint density at radius 1 is 0.833 bits per heavy atom. The monoisotopic (exact) mass is 166 g/mol. The van der Waals surface area contributed by atoms with Gasteiger partial charge in [0.25, 0.3) is 0 Å². The van der Waals surface area contributed by atoms with E-state index in [9.17, 15) is 9.59 Å². The summed E-state index contributed by atoms with van der Waals surface area (Å²) < 4.78 is 0. The van der Waals surface area contributed by atoms with Crippen LogP contribution in [0.2, 0.25) is 0 Å². The Morgan fingerprint density at radius 2 is 1.17 bits per heavy atom. The fraction of sp³-hybridized carbons (Fsp3) is 0.600.